The largest absolute Gasteiger partial charge is 0.198 e. The maximum absolute atomic E-state index is 9.23. The summed E-state index contributed by atoms with van der Waals surface area (Å²) < 4.78 is 0. The Hall–Kier alpha value is -0.510. The minimum absolute atomic E-state index is 0.313. The van der Waals surface area contributed by atoms with Gasteiger partial charge in [0.05, 0.1) is 6.07 Å². The van der Waals surface area contributed by atoms with Crippen molar-refractivity contribution >= 4 is 0 Å². The van der Waals surface area contributed by atoms with Gasteiger partial charge < -0.3 is 0 Å². The molecule has 1 nitrogen and oxygen atoms in total. The van der Waals surface area contributed by atoms with Gasteiger partial charge in [-0.25, -0.2) is 0 Å². The molecule has 23 heavy (non-hydrogen) atoms. The van der Waals surface area contributed by atoms with Crippen molar-refractivity contribution in [3.8, 4) is 6.07 Å². The van der Waals surface area contributed by atoms with E-state index in [0.29, 0.717) is 28.1 Å². The van der Waals surface area contributed by atoms with Crippen molar-refractivity contribution in [2.24, 2.45) is 34.0 Å². The first-order valence-electron chi connectivity index (χ1n) is 9.84. The Kier molecular flexibility index (Phi) is 6.77. The van der Waals surface area contributed by atoms with Gasteiger partial charge in [-0.1, -0.05) is 68.2 Å². The van der Waals surface area contributed by atoms with Crippen molar-refractivity contribution in [2.75, 3.05) is 0 Å². The molecule has 1 aliphatic rings. The molecule has 0 aromatic carbocycles. The van der Waals surface area contributed by atoms with E-state index in [9.17, 15) is 5.26 Å². The fraction of sp³-hybridized carbons (Fsp3) is 0.955. The lowest BCUT2D eigenvalue weighted by Gasteiger charge is -2.48. The fourth-order valence-electron chi connectivity index (χ4n) is 5.10. The fourth-order valence-corrected chi connectivity index (χ4v) is 5.10. The topological polar surface area (TPSA) is 23.8 Å². The zero-order valence-electron chi connectivity index (χ0n) is 17.1. The summed E-state index contributed by atoms with van der Waals surface area (Å²) in [5.41, 5.74) is 1.17. The molecule has 0 bridgehead atoms. The van der Waals surface area contributed by atoms with Crippen LogP contribution < -0.4 is 0 Å². The smallest absolute Gasteiger partial charge is 0.0658 e. The van der Waals surface area contributed by atoms with Crippen LogP contribution in [0.4, 0.5) is 0 Å². The average molecular weight is 320 g/mol. The van der Waals surface area contributed by atoms with E-state index in [1.54, 1.807) is 0 Å². The molecule has 4 unspecified atom stereocenters. The summed E-state index contributed by atoms with van der Waals surface area (Å²) in [6, 6.07) is 2.52. The Balaban J connectivity index is 2.67. The zero-order valence-corrected chi connectivity index (χ0v) is 17.1. The van der Waals surface area contributed by atoms with E-state index in [1.807, 2.05) is 0 Å². The standard InChI is InChI=1S/C22H41N/c1-9-22(21(6,7)8,16-20(3,4)5)12-10-11-18-13-17(2)19(14-18)15-23/h17-19H,9-14,16H2,1-8H3. The molecule has 1 heteroatoms. The van der Waals surface area contributed by atoms with E-state index in [2.05, 4.69) is 61.5 Å². The lowest BCUT2D eigenvalue weighted by Crippen LogP contribution is -2.38. The summed E-state index contributed by atoms with van der Waals surface area (Å²) in [6.07, 6.45) is 8.99. The van der Waals surface area contributed by atoms with Crippen LogP contribution in [0, 0.1) is 45.3 Å². The summed E-state index contributed by atoms with van der Waals surface area (Å²) in [7, 11) is 0. The van der Waals surface area contributed by atoms with Crippen molar-refractivity contribution in [1.29, 1.82) is 5.26 Å². The minimum Gasteiger partial charge on any atom is -0.198 e. The van der Waals surface area contributed by atoms with Gasteiger partial charge in [0.15, 0.2) is 0 Å². The predicted octanol–water partition coefficient (Wildman–Crippen LogP) is 7.22. The van der Waals surface area contributed by atoms with Crippen LogP contribution in [0.15, 0.2) is 0 Å². The molecule has 0 amide bonds. The molecule has 0 saturated heterocycles. The van der Waals surface area contributed by atoms with Crippen molar-refractivity contribution in [2.45, 2.75) is 100 Å². The van der Waals surface area contributed by atoms with Crippen LogP contribution in [0.3, 0.4) is 0 Å². The van der Waals surface area contributed by atoms with Gasteiger partial charge in [-0.3, -0.25) is 0 Å². The van der Waals surface area contributed by atoms with Crippen molar-refractivity contribution in [3.05, 3.63) is 0 Å². The Morgan fingerprint density at radius 3 is 2.04 bits per heavy atom. The predicted molar refractivity (Wildman–Crippen MR) is 101 cm³/mol. The molecular formula is C22H41N. The first-order chi connectivity index (χ1) is 10.4. The summed E-state index contributed by atoms with van der Waals surface area (Å²) in [6.45, 7) is 19.1. The van der Waals surface area contributed by atoms with Gasteiger partial charge in [0.2, 0.25) is 0 Å². The number of hydrogen-bond acceptors (Lipinski definition) is 1. The maximum atomic E-state index is 9.23. The molecule has 1 aliphatic carbocycles. The Bertz CT molecular complexity index is 403. The van der Waals surface area contributed by atoms with E-state index in [4.69, 9.17) is 0 Å². The number of nitrogens with zero attached hydrogens (tertiary/aromatic N) is 1. The highest BCUT2D eigenvalue weighted by Crippen LogP contribution is 2.53. The molecular weight excluding hydrogens is 278 g/mol. The van der Waals surface area contributed by atoms with Crippen LogP contribution in [-0.4, -0.2) is 0 Å². The van der Waals surface area contributed by atoms with Gasteiger partial charge in [0, 0.05) is 5.92 Å². The van der Waals surface area contributed by atoms with Crippen LogP contribution in [0.2, 0.25) is 0 Å². The van der Waals surface area contributed by atoms with Crippen LogP contribution in [0.25, 0.3) is 0 Å². The second-order valence-corrected chi connectivity index (χ2v) is 10.6. The molecule has 1 saturated carbocycles. The maximum Gasteiger partial charge on any atom is 0.0658 e. The van der Waals surface area contributed by atoms with Crippen molar-refractivity contribution in [3.63, 3.8) is 0 Å². The molecule has 0 aliphatic heterocycles. The Labute approximate surface area is 146 Å². The van der Waals surface area contributed by atoms with Gasteiger partial charge in [-0.15, -0.1) is 0 Å². The highest BCUT2D eigenvalue weighted by atomic mass is 14.5. The second kappa shape index (κ2) is 7.58. The van der Waals surface area contributed by atoms with E-state index in [-0.39, 0.29) is 0 Å². The van der Waals surface area contributed by atoms with Gasteiger partial charge in [-0.05, 0) is 60.2 Å². The molecule has 1 rings (SSSR count). The van der Waals surface area contributed by atoms with E-state index >= 15 is 0 Å². The van der Waals surface area contributed by atoms with Gasteiger partial charge in [0.25, 0.3) is 0 Å². The van der Waals surface area contributed by atoms with Crippen LogP contribution in [0.5, 0.6) is 0 Å². The highest BCUT2D eigenvalue weighted by molar-refractivity contribution is 4.95. The summed E-state index contributed by atoms with van der Waals surface area (Å²) >= 11 is 0. The molecule has 0 aromatic rings. The van der Waals surface area contributed by atoms with E-state index in [0.717, 1.165) is 12.3 Å². The molecule has 0 aromatic heterocycles. The summed E-state index contributed by atoms with van der Waals surface area (Å²) in [5, 5.41) is 9.23. The normalized spacial score (nSPS) is 28.4. The summed E-state index contributed by atoms with van der Waals surface area (Å²) in [5.74, 6) is 1.71. The Morgan fingerprint density at radius 1 is 1.04 bits per heavy atom. The molecule has 0 heterocycles. The third-order valence-corrected chi connectivity index (χ3v) is 6.55. The average Bonchev–Trinajstić information content (AvgIpc) is 2.75. The monoisotopic (exact) mass is 319 g/mol. The summed E-state index contributed by atoms with van der Waals surface area (Å²) in [4.78, 5) is 0. The third kappa shape index (κ3) is 5.51. The quantitative estimate of drug-likeness (QED) is 0.507. The lowest BCUT2D eigenvalue weighted by atomic mass is 9.57. The van der Waals surface area contributed by atoms with Gasteiger partial charge in [-0.2, -0.15) is 5.26 Å². The number of hydrogen-bond donors (Lipinski definition) is 0. The first-order valence-corrected chi connectivity index (χ1v) is 9.84. The van der Waals surface area contributed by atoms with Gasteiger partial charge in [0.1, 0.15) is 0 Å². The molecule has 0 spiro atoms. The molecule has 134 valence electrons. The van der Waals surface area contributed by atoms with Crippen LogP contribution in [0.1, 0.15) is 100 Å². The second-order valence-electron chi connectivity index (χ2n) is 10.6. The van der Waals surface area contributed by atoms with E-state index < -0.39 is 0 Å². The molecule has 4 atom stereocenters. The SMILES string of the molecule is CCC(CCCC1CC(C)C(C#N)C1)(CC(C)(C)C)C(C)(C)C. The number of rotatable bonds is 6. The lowest BCUT2D eigenvalue weighted by molar-refractivity contribution is 0.0180. The third-order valence-electron chi connectivity index (χ3n) is 6.55. The van der Waals surface area contributed by atoms with Gasteiger partial charge >= 0.3 is 0 Å². The highest BCUT2D eigenvalue weighted by Gasteiger charge is 2.42. The van der Waals surface area contributed by atoms with Crippen molar-refractivity contribution in [1.82, 2.24) is 0 Å². The molecule has 0 radical (unpaired) electrons. The first kappa shape index (κ1) is 20.5. The van der Waals surface area contributed by atoms with Crippen LogP contribution in [-0.2, 0) is 0 Å². The van der Waals surface area contributed by atoms with E-state index in [1.165, 1.54) is 38.5 Å². The Morgan fingerprint density at radius 2 is 1.65 bits per heavy atom. The molecule has 1 fully saturated rings. The van der Waals surface area contributed by atoms with Crippen molar-refractivity contribution < 1.29 is 0 Å². The number of nitriles is 1. The zero-order chi connectivity index (χ0) is 17.9. The van der Waals surface area contributed by atoms with Crippen LogP contribution >= 0.6 is 0 Å². The minimum atomic E-state index is 0.313. The molecule has 0 N–H and O–H groups in total.